The zero-order chi connectivity index (χ0) is 13.9. The number of aromatic nitrogens is 3. The first-order valence-electron chi connectivity index (χ1n) is 7.28. The van der Waals surface area contributed by atoms with Crippen LogP contribution in [0.1, 0.15) is 56.9 Å². The van der Waals surface area contributed by atoms with Crippen LogP contribution in [-0.4, -0.2) is 21.1 Å². The first-order valence-corrected chi connectivity index (χ1v) is 7.28. The minimum atomic E-state index is -0.392. The summed E-state index contributed by atoms with van der Waals surface area (Å²) in [7, 11) is 0. The van der Waals surface area contributed by atoms with Crippen molar-refractivity contribution < 1.29 is 9.63 Å². The summed E-state index contributed by atoms with van der Waals surface area (Å²) in [5.74, 6) is 0.208. The van der Waals surface area contributed by atoms with Crippen molar-refractivity contribution in [2.75, 3.05) is 0 Å². The van der Waals surface area contributed by atoms with Gasteiger partial charge in [0.1, 0.15) is 11.0 Å². The Morgan fingerprint density at radius 3 is 2.70 bits per heavy atom. The lowest BCUT2D eigenvalue weighted by Crippen LogP contribution is -2.17. The van der Waals surface area contributed by atoms with E-state index in [1.54, 1.807) is 0 Å². The molecule has 0 N–H and O–H groups in total. The summed E-state index contributed by atoms with van der Waals surface area (Å²) in [5, 5.41) is 7.88. The highest BCUT2D eigenvalue weighted by molar-refractivity contribution is 5.76. The van der Waals surface area contributed by atoms with E-state index in [2.05, 4.69) is 22.4 Å². The van der Waals surface area contributed by atoms with Crippen LogP contribution in [0.4, 0.5) is 0 Å². The highest BCUT2D eigenvalue weighted by atomic mass is 16.7. The minimum Gasteiger partial charge on any atom is -0.318 e. The highest BCUT2D eigenvalue weighted by Crippen LogP contribution is 2.32. The van der Waals surface area contributed by atoms with Crippen LogP contribution < -0.4 is 4.84 Å². The third-order valence-corrected chi connectivity index (χ3v) is 3.98. The van der Waals surface area contributed by atoms with Gasteiger partial charge in [0.05, 0.1) is 0 Å². The van der Waals surface area contributed by atoms with Crippen molar-refractivity contribution >= 4 is 17.0 Å². The molecule has 0 bridgehead atoms. The van der Waals surface area contributed by atoms with Crippen molar-refractivity contribution in [1.29, 1.82) is 0 Å². The Kier molecular flexibility index (Phi) is 3.67. The molecule has 5 heteroatoms. The van der Waals surface area contributed by atoms with Gasteiger partial charge in [-0.05, 0) is 41.7 Å². The molecule has 0 spiro atoms. The Bertz CT molecular complexity index is 613. The second kappa shape index (κ2) is 5.61. The Hall–Kier alpha value is -1.91. The number of hydrogen-bond donors (Lipinski definition) is 0. The van der Waals surface area contributed by atoms with E-state index < -0.39 is 5.97 Å². The largest absolute Gasteiger partial charge is 0.332 e. The summed E-state index contributed by atoms with van der Waals surface area (Å²) in [6, 6.07) is 6.15. The minimum absolute atomic E-state index is 0.392. The summed E-state index contributed by atoms with van der Waals surface area (Å²) >= 11 is 0. The van der Waals surface area contributed by atoms with Gasteiger partial charge in [0.25, 0.3) is 0 Å². The van der Waals surface area contributed by atoms with Crippen molar-refractivity contribution in [3.63, 3.8) is 0 Å². The molecule has 1 aliphatic rings. The number of rotatable bonds is 2. The highest BCUT2D eigenvalue weighted by Gasteiger charge is 2.16. The molecule has 1 heterocycles. The zero-order valence-corrected chi connectivity index (χ0v) is 11.7. The Labute approximate surface area is 117 Å². The summed E-state index contributed by atoms with van der Waals surface area (Å²) in [4.78, 5) is 17.3. The molecule has 5 nitrogen and oxygen atoms in total. The predicted octanol–water partition coefficient (Wildman–Crippen LogP) is 2.84. The van der Waals surface area contributed by atoms with Gasteiger partial charge in [0.2, 0.25) is 0 Å². The van der Waals surface area contributed by atoms with Crippen molar-refractivity contribution in [2.24, 2.45) is 0 Å². The maximum Gasteiger partial charge on any atom is 0.332 e. The maximum atomic E-state index is 11.1. The first kappa shape index (κ1) is 13.1. The molecular weight excluding hydrogens is 254 g/mol. The zero-order valence-electron chi connectivity index (χ0n) is 11.7. The van der Waals surface area contributed by atoms with E-state index in [-0.39, 0.29) is 0 Å². The molecule has 1 aromatic carbocycles. The molecule has 0 aliphatic heterocycles. The molecule has 1 aliphatic carbocycles. The second-order valence-corrected chi connectivity index (χ2v) is 5.48. The van der Waals surface area contributed by atoms with E-state index >= 15 is 0 Å². The molecule has 2 aromatic rings. The monoisotopic (exact) mass is 273 g/mol. The van der Waals surface area contributed by atoms with Crippen LogP contribution in [0, 0.1) is 0 Å². The van der Waals surface area contributed by atoms with E-state index in [1.165, 1.54) is 55.9 Å². The molecule has 0 amide bonds. The second-order valence-electron chi connectivity index (χ2n) is 5.48. The normalized spacial score (nSPS) is 17.1. The van der Waals surface area contributed by atoms with Crippen molar-refractivity contribution in [3.05, 3.63) is 23.8 Å². The average molecular weight is 273 g/mol. The first-order chi connectivity index (χ1) is 9.74. The van der Waals surface area contributed by atoms with Gasteiger partial charge in [-0.25, -0.2) is 4.79 Å². The fraction of sp³-hybridized carbons (Fsp3) is 0.533. The molecule has 1 saturated carbocycles. The van der Waals surface area contributed by atoms with Crippen LogP contribution in [0.5, 0.6) is 0 Å². The standard InChI is InChI=1S/C15H19N3O2/c1-11(19)20-18-15-10-13(8-9-14(15)16-17-18)12-6-4-2-3-5-7-12/h8-10,12H,2-7H2,1H3. The van der Waals surface area contributed by atoms with E-state index in [9.17, 15) is 4.79 Å². The van der Waals surface area contributed by atoms with Crippen LogP contribution >= 0.6 is 0 Å². The number of carbonyl (C=O) groups excluding carboxylic acids is 1. The number of carbonyl (C=O) groups is 1. The molecule has 0 atom stereocenters. The van der Waals surface area contributed by atoms with Crippen LogP contribution in [-0.2, 0) is 4.79 Å². The molecule has 106 valence electrons. The molecular formula is C15H19N3O2. The predicted molar refractivity (Wildman–Crippen MR) is 75.2 cm³/mol. The Balaban J connectivity index is 1.93. The van der Waals surface area contributed by atoms with E-state index in [0.717, 1.165) is 11.0 Å². The lowest BCUT2D eigenvalue weighted by molar-refractivity contribution is -0.142. The fourth-order valence-electron chi connectivity index (χ4n) is 2.97. The quantitative estimate of drug-likeness (QED) is 0.623. The fourth-order valence-corrected chi connectivity index (χ4v) is 2.97. The van der Waals surface area contributed by atoms with Crippen molar-refractivity contribution in [2.45, 2.75) is 51.4 Å². The molecule has 1 fully saturated rings. The average Bonchev–Trinajstić information content (AvgIpc) is 2.65. The molecule has 0 radical (unpaired) electrons. The van der Waals surface area contributed by atoms with Gasteiger partial charge < -0.3 is 4.84 Å². The van der Waals surface area contributed by atoms with Gasteiger partial charge in [0.15, 0.2) is 0 Å². The topological polar surface area (TPSA) is 57.0 Å². The lowest BCUT2D eigenvalue weighted by Gasteiger charge is -2.14. The van der Waals surface area contributed by atoms with Crippen molar-refractivity contribution in [3.8, 4) is 0 Å². The number of nitrogens with zero attached hydrogens (tertiary/aromatic N) is 3. The van der Waals surface area contributed by atoms with Crippen LogP contribution in [0.3, 0.4) is 0 Å². The summed E-state index contributed by atoms with van der Waals surface area (Å²) in [6.07, 6.45) is 7.74. The van der Waals surface area contributed by atoms with E-state index in [0.29, 0.717) is 5.92 Å². The maximum absolute atomic E-state index is 11.1. The molecule has 0 unspecified atom stereocenters. The molecule has 0 saturated heterocycles. The van der Waals surface area contributed by atoms with E-state index in [1.807, 2.05) is 6.07 Å². The summed E-state index contributed by atoms with van der Waals surface area (Å²) < 4.78 is 0. The Morgan fingerprint density at radius 2 is 2.00 bits per heavy atom. The third kappa shape index (κ3) is 2.66. The van der Waals surface area contributed by atoms with Gasteiger partial charge in [0, 0.05) is 6.92 Å². The third-order valence-electron chi connectivity index (χ3n) is 3.98. The number of fused-ring (bicyclic) bond motifs is 1. The number of benzene rings is 1. The summed E-state index contributed by atoms with van der Waals surface area (Å²) in [6.45, 7) is 1.36. The van der Waals surface area contributed by atoms with Crippen LogP contribution in [0.25, 0.3) is 11.0 Å². The van der Waals surface area contributed by atoms with Crippen LogP contribution in [0.15, 0.2) is 18.2 Å². The van der Waals surface area contributed by atoms with Crippen molar-refractivity contribution in [1.82, 2.24) is 15.2 Å². The van der Waals surface area contributed by atoms with Gasteiger partial charge in [-0.1, -0.05) is 36.6 Å². The lowest BCUT2D eigenvalue weighted by atomic mass is 9.91. The number of hydrogen-bond acceptors (Lipinski definition) is 4. The van der Waals surface area contributed by atoms with E-state index in [4.69, 9.17) is 4.84 Å². The SMILES string of the molecule is CC(=O)On1nnc2ccc(C3CCCCCC3)cc21. The van der Waals surface area contributed by atoms with Gasteiger partial charge >= 0.3 is 5.97 Å². The molecule has 20 heavy (non-hydrogen) atoms. The van der Waals surface area contributed by atoms with Gasteiger partial charge in [-0.15, -0.1) is 5.10 Å². The van der Waals surface area contributed by atoms with Crippen LogP contribution in [0.2, 0.25) is 0 Å². The van der Waals surface area contributed by atoms with Gasteiger partial charge in [-0.2, -0.15) is 0 Å². The molecule has 1 aromatic heterocycles. The molecule has 3 rings (SSSR count). The Morgan fingerprint density at radius 1 is 1.25 bits per heavy atom. The summed E-state index contributed by atoms with van der Waals surface area (Å²) in [5.41, 5.74) is 2.82. The smallest absolute Gasteiger partial charge is 0.318 e. The van der Waals surface area contributed by atoms with Gasteiger partial charge in [-0.3, -0.25) is 0 Å².